The van der Waals surface area contributed by atoms with Crippen LogP contribution >= 0.6 is 0 Å². The first-order chi connectivity index (χ1) is 9.73. The largest absolute Gasteiger partial charge is 0.480 e. The molecule has 0 aliphatic heterocycles. The number of nitrogens with two attached hydrogens (primary N) is 2. The molecule has 0 fully saturated rings. The summed E-state index contributed by atoms with van der Waals surface area (Å²) in [7, 11) is 0. The van der Waals surface area contributed by atoms with Crippen LogP contribution in [0.5, 0.6) is 0 Å². The van der Waals surface area contributed by atoms with Gasteiger partial charge in [0.1, 0.15) is 6.04 Å². The van der Waals surface area contributed by atoms with Crippen molar-refractivity contribution in [3.05, 3.63) is 35.9 Å². The maximum atomic E-state index is 10.4. The zero-order valence-electron chi connectivity index (χ0n) is 13.1. The van der Waals surface area contributed by atoms with Gasteiger partial charge in [0.15, 0.2) is 0 Å². The highest BCUT2D eigenvalue weighted by Crippen LogP contribution is 2.05. The van der Waals surface area contributed by atoms with Gasteiger partial charge in [-0.3, -0.25) is 4.79 Å². The van der Waals surface area contributed by atoms with E-state index in [0.29, 0.717) is 12.3 Å². The highest BCUT2D eigenvalue weighted by molar-refractivity contribution is 5.73. The van der Waals surface area contributed by atoms with Crippen molar-refractivity contribution in [3.8, 4) is 0 Å². The Bertz CT molecular complexity index is 394. The van der Waals surface area contributed by atoms with Crippen molar-refractivity contribution in [3.63, 3.8) is 0 Å². The minimum Gasteiger partial charge on any atom is -0.480 e. The molecule has 5 nitrogen and oxygen atoms in total. The molecule has 0 saturated heterocycles. The van der Waals surface area contributed by atoms with Crippen molar-refractivity contribution in [2.45, 2.75) is 51.8 Å². The number of hydrogen-bond donors (Lipinski definition) is 4. The molecule has 6 N–H and O–H groups in total. The monoisotopic (exact) mass is 296 g/mol. The molecule has 1 rings (SSSR count). The molecule has 3 unspecified atom stereocenters. The summed E-state index contributed by atoms with van der Waals surface area (Å²) in [4.78, 5) is 10.4. The third-order valence-electron chi connectivity index (χ3n) is 2.98. The van der Waals surface area contributed by atoms with Crippen molar-refractivity contribution in [1.82, 2.24) is 0 Å². The molecule has 1 aromatic rings. The van der Waals surface area contributed by atoms with Gasteiger partial charge in [0.05, 0.1) is 6.10 Å². The Morgan fingerprint density at radius 2 is 1.67 bits per heavy atom. The van der Waals surface area contributed by atoms with Gasteiger partial charge in [0.25, 0.3) is 0 Å². The molecule has 21 heavy (non-hydrogen) atoms. The zero-order chi connectivity index (χ0) is 16.4. The number of hydrogen-bond acceptors (Lipinski definition) is 4. The minimum absolute atomic E-state index is 0.0509. The van der Waals surface area contributed by atoms with Crippen LogP contribution in [-0.2, 0) is 11.2 Å². The number of carboxylic acid groups (broad SMARTS) is 1. The molecule has 1 aromatic carbocycles. The molecule has 0 spiro atoms. The van der Waals surface area contributed by atoms with Crippen LogP contribution in [0.1, 0.15) is 32.8 Å². The van der Waals surface area contributed by atoms with Gasteiger partial charge < -0.3 is 21.7 Å². The number of aliphatic carboxylic acids is 1. The third-order valence-corrected chi connectivity index (χ3v) is 2.98. The van der Waals surface area contributed by atoms with E-state index in [0.717, 1.165) is 12.0 Å². The highest BCUT2D eigenvalue weighted by Gasteiger charge is 2.11. The van der Waals surface area contributed by atoms with Gasteiger partial charge in [0, 0.05) is 6.04 Å². The number of carbonyl (C=O) groups is 1. The Hall–Kier alpha value is -1.43. The predicted octanol–water partition coefficient (Wildman–Crippen LogP) is 1.38. The number of benzene rings is 1. The molecule has 0 aliphatic rings. The molecule has 0 amide bonds. The van der Waals surface area contributed by atoms with Crippen LogP contribution in [0.15, 0.2) is 30.3 Å². The van der Waals surface area contributed by atoms with Crippen LogP contribution in [0.25, 0.3) is 0 Å². The Kier molecular flexibility index (Phi) is 9.62. The maximum absolute atomic E-state index is 10.4. The van der Waals surface area contributed by atoms with E-state index >= 15 is 0 Å². The van der Waals surface area contributed by atoms with Gasteiger partial charge >= 0.3 is 5.97 Å². The lowest BCUT2D eigenvalue weighted by Gasteiger charge is -2.16. The van der Waals surface area contributed by atoms with E-state index in [-0.39, 0.29) is 12.1 Å². The lowest BCUT2D eigenvalue weighted by Crippen LogP contribution is -2.33. The van der Waals surface area contributed by atoms with Crippen molar-refractivity contribution >= 4 is 5.97 Å². The summed E-state index contributed by atoms with van der Waals surface area (Å²) in [6, 6.07) is 8.49. The summed E-state index contributed by atoms with van der Waals surface area (Å²) in [6.45, 7) is 5.93. The molecule has 0 aliphatic carbocycles. The fourth-order valence-electron chi connectivity index (χ4n) is 1.70. The van der Waals surface area contributed by atoms with E-state index < -0.39 is 12.0 Å². The molecular weight excluding hydrogens is 268 g/mol. The summed E-state index contributed by atoms with van der Waals surface area (Å²) >= 11 is 0. The van der Waals surface area contributed by atoms with Crippen LogP contribution in [0.4, 0.5) is 0 Å². The highest BCUT2D eigenvalue weighted by atomic mass is 16.4. The maximum Gasteiger partial charge on any atom is 0.320 e. The topological polar surface area (TPSA) is 110 Å². The number of aliphatic hydroxyl groups is 1. The Morgan fingerprint density at radius 1 is 1.14 bits per heavy atom. The number of carboxylic acids is 1. The van der Waals surface area contributed by atoms with Gasteiger partial charge in [0.2, 0.25) is 0 Å². The average Bonchev–Trinajstić information content (AvgIpc) is 2.39. The van der Waals surface area contributed by atoms with Gasteiger partial charge in [-0.1, -0.05) is 44.2 Å². The van der Waals surface area contributed by atoms with Crippen LogP contribution in [-0.4, -0.2) is 34.4 Å². The fourth-order valence-corrected chi connectivity index (χ4v) is 1.70. The summed E-state index contributed by atoms with van der Waals surface area (Å²) in [5.74, 6) is -0.381. The zero-order valence-corrected chi connectivity index (χ0v) is 13.1. The minimum atomic E-state index is -0.959. The Balaban J connectivity index is 0.000000400. The summed E-state index contributed by atoms with van der Waals surface area (Å²) in [5, 5.41) is 17.5. The molecule has 3 atom stereocenters. The predicted molar refractivity (Wildman–Crippen MR) is 84.9 cm³/mol. The lowest BCUT2D eigenvalue weighted by atomic mass is 10.0. The van der Waals surface area contributed by atoms with Crippen LogP contribution in [0, 0.1) is 5.92 Å². The van der Waals surface area contributed by atoms with E-state index in [1.54, 1.807) is 6.92 Å². The van der Waals surface area contributed by atoms with E-state index in [4.69, 9.17) is 21.7 Å². The normalized spacial score (nSPS) is 14.8. The van der Waals surface area contributed by atoms with Gasteiger partial charge in [-0.15, -0.1) is 0 Å². The average molecular weight is 296 g/mol. The van der Waals surface area contributed by atoms with Crippen LogP contribution < -0.4 is 11.5 Å². The van der Waals surface area contributed by atoms with E-state index in [2.05, 4.69) is 13.8 Å². The summed E-state index contributed by atoms with van der Waals surface area (Å²) in [5.41, 5.74) is 11.9. The van der Waals surface area contributed by atoms with Gasteiger partial charge in [-0.2, -0.15) is 0 Å². The first-order valence-corrected chi connectivity index (χ1v) is 7.20. The third kappa shape index (κ3) is 10.0. The first-order valence-electron chi connectivity index (χ1n) is 7.20. The standard InChI is InChI=1S/C9H11NO2.C7H17NO/c10-8(9(11)12)6-7-4-2-1-3-5-7;1-5(2)4-7(8)6(3)9/h1-5,8H,6,10H2,(H,11,12);5-7,9H,4,8H2,1-3H3. The number of rotatable bonds is 6. The molecule has 0 bridgehead atoms. The molecule has 0 aromatic heterocycles. The molecule has 5 heteroatoms. The first kappa shape index (κ1) is 19.6. The quantitative estimate of drug-likeness (QED) is 0.634. The molecule has 0 saturated carbocycles. The van der Waals surface area contributed by atoms with Crippen LogP contribution in [0.2, 0.25) is 0 Å². The molecule has 0 heterocycles. The van der Waals surface area contributed by atoms with E-state index in [9.17, 15) is 4.79 Å². The smallest absolute Gasteiger partial charge is 0.320 e. The van der Waals surface area contributed by atoms with Crippen molar-refractivity contribution in [1.29, 1.82) is 0 Å². The molecule has 0 radical (unpaired) electrons. The SMILES string of the molecule is CC(C)CC(N)C(C)O.NC(Cc1ccccc1)C(=O)O. The summed E-state index contributed by atoms with van der Waals surface area (Å²) < 4.78 is 0. The Morgan fingerprint density at radius 3 is 2.00 bits per heavy atom. The molecular formula is C16H28N2O3. The molecule has 120 valence electrons. The second-order valence-electron chi connectivity index (χ2n) is 5.67. The Labute approximate surface area is 127 Å². The van der Waals surface area contributed by atoms with Gasteiger partial charge in [-0.05, 0) is 31.2 Å². The summed E-state index contributed by atoms with van der Waals surface area (Å²) in [6.07, 6.45) is 0.917. The fraction of sp³-hybridized carbons (Fsp3) is 0.562. The lowest BCUT2D eigenvalue weighted by molar-refractivity contribution is -0.138. The number of aliphatic hydroxyl groups excluding tert-OH is 1. The van der Waals surface area contributed by atoms with Gasteiger partial charge in [-0.25, -0.2) is 0 Å². The van der Waals surface area contributed by atoms with Crippen molar-refractivity contribution in [2.24, 2.45) is 17.4 Å². The van der Waals surface area contributed by atoms with E-state index in [1.807, 2.05) is 30.3 Å². The van der Waals surface area contributed by atoms with Crippen molar-refractivity contribution < 1.29 is 15.0 Å². The van der Waals surface area contributed by atoms with Crippen LogP contribution in [0.3, 0.4) is 0 Å². The second-order valence-corrected chi connectivity index (χ2v) is 5.67. The van der Waals surface area contributed by atoms with E-state index in [1.165, 1.54) is 0 Å². The second kappa shape index (κ2) is 10.3. The van der Waals surface area contributed by atoms with Crippen molar-refractivity contribution in [2.75, 3.05) is 0 Å².